The molecule has 1 amide bonds. The Morgan fingerprint density at radius 2 is 1.73 bits per heavy atom. The molecule has 1 saturated carbocycles. The maximum atomic E-state index is 14.5. The third-order valence-electron chi connectivity index (χ3n) is 9.91. The number of nitrogens with zero attached hydrogens (tertiary/aromatic N) is 6. The number of aryl methyl sites for hydroxylation is 2. The van der Waals surface area contributed by atoms with Crippen molar-refractivity contribution in [1.29, 1.82) is 0 Å². The summed E-state index contributed by atoms with van der Waals surface area (Å²) in [4.78, 5) is 37.0. The minimum Gasteiger partial charge on any atom is -0.475 e. The molecule has 4 heterocycles. The van der Waals surface area contributed by atoms with Gasteiger partial charge < -0.3 is 19.3 Å². The predicted molar refractivity (Wildman–Crippen MR) is 194 cm³/mol. The second kappa shape index (κ2) is 13.5. The van der Waals surface area contributed by atoms with Crippen molar-refractivity contribution < 1.29 is 22.7 Å². The summed E-state index contributed by atoms with van der Waals surface area (Å²) in [6.45, 7) is 12.7. The molecule has 12 nitrogen and oxygen atoms in total. The van der Waals surface area contributed by atoms with Crippen LogP contribution >= 0.6 is 0 Å². The SMILES string of the molecule is Cc1cccc(C)c1-c1cc2nc(n1)NS(=O)(=O)c1cccc(c1)C(=O)N(Cc1ncc(N3CCOC4(CCC4)C3)cn1)[C@H](CC(C)(C)C)CO2. The first-order chi connectivity index (χ1) is 24.3. The molecule has 3 aliphatic rings. The van der Waals surface area contributed by atoms with E-state index in [2.05, 4.69) is 40.4 Å². The molecule has 268 valence electrons. The molecule has 2 fully saturated rings. The van der Waals surface area contributed by atoms with E-state index in [1.807, 2.05) is 44.4 Å². The van der Waals surface area contributed by atoms with Crippen molar-refractivity contribution in [2.45, 2.75) is 83.4 Å². The van der Waals surface area contributed by atoms with Crippen molar-refractivity contribution in [2.24, 2.45) is 5.41 Å². The Morgan fingerprint density at radius 1 is 1.00 bits per heavy atom. The number of rotatable bonds is 5. The Balaban J connectivity index is 1.27. The van der Waals surface area contributed by atoms with E-state index in [1.165, 1.54) is 18.6 Å². The Morgan fingerprint density at radius 3 is 2.41 bits per heavy atom. The summed E-state index contributed by atoms with van der Waals surface area (Å²) in [5, 5.41) is 0. The van der Waals surface area contributed by atoms with Gasteiger partial charge >= 0.3 is 0 Å². The molecular formula is C38H45N7O5S. The number of carbonyl (C=O) groups excluding carboxylic acids is 1. The van der Waals surface area contributed by atoms with Gasteiger partial charge in [-0.25, -0.2) is 28.1 Å². The monoisotopic (exact) mass is 711 g/mol. The van der Waals surface area contributed by atoms with E-state index in [9.17, 15) is 13.2 Å². The molecule has 51 heavy (non-hydrogen) atoms. The summed E-state index contributed by atoms with van der Waals surface area (Å²) in [5.74, 6) is 0.176. The zero-order valence-electron chi connectivity index (χ0n) is 29.8. The summed E-state index contributed by atoms with van der Waals surface area (Å²) in [6.07, 6.45) is 7.53. The molecule has 13 heteroatoms. The van der Waals surface area contributed by atoms with Crippen LogP contribution in [0, 0.1) is 19.3 Å². The van der Waals surface area contributed by atoms with Crippen molar-refractivity contribution in [3.8, 4) is 17.1 Å². The second-order valence-electron chi connectivity index (χ2n) is 15.1. The second-order valence-corrected chi connectivity index (χ2v) is 16.8. The van der Waals surface area contributed by atoms with Crippen LogP contribution in [0.1, 0.15) is 73.8 Å². The summed E-state index contributed by atoms with van der Waals surface area (Å²) < 4.78 is 42.5. The standard InChI is InChI=1S/C38H45N7O5S/c1-25-9-6-10-26(2)34(25)31-18-33-42-36(41-31)43-51(47,48)30-12-7-11-27(17-30)35(46)45(28(23-49-33)19-37(3,4)5)22-32-39-20-29(21-40-32)44-15-16-50-38(24-44)13-8-14-38/h6-7,9-12,17-18,20-21,28H,8,13-16,19,22-24H2,1-5H3,(H,41,42,43)/t28-/m1/s1. The maximum Gasteiger partial charge on any atom is 0.264 e. The fraction of sp³-hybridized carbons (Fsp3) is 0.447. The van der Waals surface area contributed by atoms with Gasteiger partial charge in [0.1, 0.15) is 12.4 Å². The summed E-state index contributed by atoms with van der Waals surface area (Å²) >= 11 is 0. The highest BCUT2D eigenvalue weighted by Gasteiger charge is 2.42. The van der Waals surface area contributed by atoms with Gasteiger partial charge in [0, 0.05) is 30.3 Å². The predicted octanol–water partition coefficient (Wildman–Crippen LogP) is 5.95. The van der Waals surface area contributed by atoms with Crippen molar-refractivity contribution in [3.05, 3.63) is 83.4 Å². The molecule has 1 atom stereocenters. The lowest BCUT2D eigenvalue weighted by Gasteiger charge is -2.48. The fourth-order valence-corrected chi connectivity index (χ4v) is 8.22. The van der Waals surface area contributed by atoms with Gasteiger partial charge in [-0.15, -0.1) is 0 Å². The molecule has 1 spiro atoms. The van der Waals surface area contributed by atoms with Crippen LogP contribution < -0.4 is 14.4 Å². The van der Waals surface area contributed by atoms with Gasteiger partial charge in [0.15, 0.2) is 0 Å². The third kappa shape index (κ3) is 7.55. The van der Waals surface area contributed by atoms with E-state index in [-0.39, 0.29) is 52.4 Å². The number of hydrogen-bond donors (Lipinski definition) is 1. The number of sulfonamides is 1. The first-order valence-electron chi connectivity index (χ1n) is 17.5. The first kappa shape index (κ1) is 34.8. The molecule has 1 N–H and O–H groups in total. The highest BCUT2D eigenvalue weighted by Crippen LogP contribution is 2.39. The van der Waals surface area contributed by atoms with Gasteiger partial charge in [-0.1, -0.05) is 45.0 Å². The summed E-state index contributed by atoms with van der Waals surface area (Å²) in [5.41, 5.74) is 4.20. The van der Waals surface area contributed by atoms with Crippen molar-refractivity contribution in [3.63, 3.8) is 0 Å². The lowest BCUT2D eigenvalue weighted by molar-refractivity contribution is -0.106. The van der Waals surface area contributed by atoms with Gasteiger partial charge in [-0.3, -0.25) is 4.79 Å². The van der Waals surface area contributed by atoms with Crippen LogP contribution in [0.25, 0.3) is 11.3 Å². The molecule has 0 radical (unpaired) electrons. The zero-order valence-corrected chi connectivity index (χ0v) is 30.7. The lowest BCUT2D eigenvalue weighted by atomic mass is 9.79. The van der Waals surface area contributed by atoms with Crippen molar-refractivity contribution >= 4 is 27.6 Å². The number of benzene rings is 2. The number of nitrogens with one attached hydrogen (secondary N) is 1. The van der Waals surface area contributed by atoms with Crippen LogP contribution in [-0.2, 0) is 21.3 Å². The summed E-state index contributed by atoms with van der Waals surface area (Å²) in [6, 6.07) is 13.2. The number of amides is 1. The number of morpholine rings is 1. The zero-order chi connectivity index (χ0) is 36.0. The smallest absolute Gasteiger partial charge is 0.264 e. The minimum atomic E-state index is -4.18. The number of carbonyl (C=O) groups is 1. The van der Waals surface area contributed by atoms with Crippen molar-refractivity contribution in [2.75, 3.05) is 35.9 Å². The van der Waals surface area contributed by atoms with Gasteiger partial charge in [-0.2, -0.15) is 4.98 Å². The largest absolute Gasteiger partial charge is 0.475 e. The molecule has 2 aliphatic heterocycles. The number of anilines is 2. The highest BCUT2D eigenvalue weighted by atomic mass is 32.2. The van der Waals surface area contributed by atoms with Crippen LogP contribution in [-0.4, -0.2) is 77.1 Å². The molecule has 1 saturated heterocycles. The van der Waals surface area contributed by atoms with E-state index in [4.69, 9.17) is 19.4 Å². The Hall–Kier alpha value is -4.62. The Labute approximate surface area is 299 Å². The first-order valence-corrected chi connectivity index (χ1v) is 19.0. The Bertz CT molecular complexity index is 2020. The number of hydrogen-bond acceptors (Lipinski definition) is 10. The lowest BCUT2D eigenvalue weighted by Crippen LogP contribution is -2.55. The van der Waals surface area contributed by atoms with Crippen LogP contribution in [0.2, 0.25) is 0 Å². The molecule has 2 aromatic heterocycles. The maximum absolute atomic E-state index is 14.5. The molecule has 4 bridgehead atoms. The molecule has 2 aromatic carbocycles. The molecule has 1 aliphatic carbocycles. The third-order valence-corrected chi connectivity index (χ3v) is 11.2. The average molecular weight is 712 g/mol. The van der Waals surface area contributed by atoms with Crippen LogP contribution in [0.15, 0.2) is 65.8 Å². The van der Waals surface area contributed by atoms with E-state index in [0.29, 0.717) is 24.5 Å². The average Bonchev–Trinajstić information content (AvgIpc) is 3.07. The molecule has 4 aromatic rings. The summed E-state index contributed by atoms with van der Waals surface area (Å²) in [7, 11) is -4.18. The number of ether oxygens (including phenoxy) is 2. The van der Waals surface area contributed by atoms with Gasteiger partial charge in [-0.05, 0) is 74.3 Å². The van der Waals surface area contributed by atoms with Gasteiger partial charge in [0.25, 0.3) is 15.9 Å². The topological polar surface area (TPSA) is 140 Å². The number of fused-ring (bicyclic) bond motifs is 4. The normalized spacial score (nSPS) is 19.9. The quantitative estimate of drug-likeness (QED) is 0.264. The molecule has 0 unspecified atom stereocenters. The van der Waals surface area contributed by atoms with Gasteiger partial charge in [0.2, 0.25) is 11.8 Å². The number of aromatic nitrogens is 4. The van der Waals surface area contributed by atoms with E-state index in [0.717, 1.165) is 48.3 Å². The van der Waals surface area contributed by atoms with E-state index in [1.54, 1.807) is 23.1 Å². The van der Waals surface area contributed by atoms with Crippen LogP contribution in [0.5, 0.6) is 5.88 Å². The fourth-order valence-electron chi connectivity index (χ4n) is 7.23. The molecular weight excluding hydrogens is 667 g/mol. The highest BCUT2D eigenvalue weighted by molar-refractivity contribution is 7.92. The van der Waals surface area contributed by atoms with Crippen molar-refractivity contribution in [1.82, 2.24) is 24.8 Å². The van der Waals surface area contributed by atoms with E-state index < -0.39 is 16.1 Å². The van der Waals surface area contributed by atoms with Crippen LogP contribution in [0.3, 0.4) is 0 Å². The Kier molecular flexibility index (Phi) is 9.21. The van der Waals surface area contributed by atoms with Gasteiger partial charge in [0.05, 0.1) is 53.5 Å². The van der Waals surface area contributed by atoms with E-state index >= 15 is 0 Å². The minimum absolute atomic E-state index is 0.0662. The molecule has 7 rings (SSSR count). The van der Waals surface area contributed by atoms with Crippen LogP contribution in [0.4, 0.5) is 11.6 Å².